The summed E-state index contributed by atoms with van der Waals surface area (Å²) in [5, 5.41) is 12.2. The molecule has 0 aliphatic rings. The lowest BCUT2D eigenvalue weighted by Gasteiger charge is -2.07. The van der Waals surface area contributed by atoms with E-state index in [1.54, 1.807) is 24.3 Å². The molecule has 1 aromatic carbocycles. The first-order chi connectivity index (χ1) is 11.7. The summed E-state index contributed by atoms with van der Waals surface area (Å²) in [4.78, 5) is 11.6. The number of anilines is 1. The van der Waals surface area contributed by atoms with Crippen LogP contribution in [0, 0.1) is 0 Å². The molecule has 0 unspecified atom stereocenters. The van der Waals surface area contributed by atoms with E-state index < -0.39 is 0 Å². The van der Waals surface area contributed by atoms with Crippen molar-refractivity contribution >= 4 is 24.1 Å². The lowest BCUT2D eigenvalue weighted by Crippen LogP contribution is -2.17. The average Bonchev–Trinajstić information content (AvgIpc) is 2.59. The van der Waals surface area contributed by atoms with Crippen LogP contribution >= 0.6 is 12.4 Å². The van der Waals surface area contributed by atoms with Crippen LogP contribution in [0.25, 0.3) is 0 Å². The second-order valence-corrected chi connectivity index (χ2v) is 6.30. The van der Waals surface area contributed by atoms with Crippen molar-refractivity contribution in [2.24, 2.45) is 0 Å². The number of carbonyl (C=O) groups is 1. The highest BCUT2D eigenvalue weighted by Gasteiger charge is 2.02. The molecule has 144 valence electrons. The maximum atomic E-state index is 11.6. The summed E-state index contributed by atoms with van der Waals surface area (Å²) in [7, 11) is 0. The summed E-state index contributed by atoms with van der Waals surface area (Å²) >= 11 is 0. The van der Waals surface area contributed by atoms with Gasteiger partial charge in [0.05, 0.1) is 6.61 Å². The number of phenolic OH excluding ortho intramolecular Hbond substituents is 1. The van der Waals surface area contributed by atoms with Gasteiger partial charge in [0.25, 0.3) is 0 Å². The van der Waals surface area contributed by atoms with E-state index in [0.29, 0.717) is 6.61 Å². The molecular formula is C20H34ClNO3. The maximum Gasteiger partial charge on any atom is 0.325 e. The number of benzene rings is 1. The van der Waals surface area contributed by atoms with Gasteiger partial charge >= 0.3 is 5.97 Å². The molecule has 0 fully saturated rings. The third-order valence-corrected chi connectivity index (χ3v) is 4.07. The zero-order valence-corrected chi connectivity index (χ0v) is 16.3. The van der Waals surface area contributed by atoms with Gasteiger partial charge in [-0.15, -0.1) is 12.4 Å². The maximum absolute atomic E-state index is 11.6. The number of unbranched alkanes of at least 4 members (excludes halogenated alkanes) is 9. The number of esters is 1. The Morgan fingerprint density at radius 2 is 1.44 bits per heavy atom. The van der Waals surface area contributed by atoms with Crippen molar-refractivity contribution in [3.63, 3.8) is 0 Å². The predicted octanol–water partition coefficient (Wildman–Crippen LogP) is 5.69. The molecule has 0 atom stereocenters. The van der Waals surface area contributed by atoms with Crippen LogP contribution in [0.3, 0.4) is 0 Å². The Balaban J connectivity index is 0.00000576. The molecule has 0 amide bonds. The molecule has 5 heteroatoms. The van der Waals surface area contributed by atoms with Crippen molar-refractivity contribution in [2.75, 3.05) is 18.5 Å². The van der Waals surface area contributed by atoms with Gasteiger partial charge in [0.2, 0.25) is 0 Å². The molecule has 0 spiro atoms. The third-order valence-electron chi connectivity index (χ3n) is 4.07. The molecule has 0 aliphatic carbocycles. The standard InChI is InChI=1S/C20H33NO3.ClH/c1-2-3-4-5-6-7-8-9-10-11-16-24-20(23)17-21-18-12-14-19(22)15-13-18;/h12-15,21-22H,2-11,16-17H2,1H3;1H. The van der Waals surface area contributed by atoms with Crippen molar-refractivity contribution in [1.29, 1.82) is 0 Å². The highest BCUT2D eigenvalue weighted by Crippen LogP contribution is 2.13. The number of rotatable bonds is 14. The number of halogens is 1. The Morgan fingerprint density at radius 3 is 2.00 bits per heavy atom. The van der Waals surface area contributed by atoms with Crippen LogP contribution < -0.4 is 5.32 Å². The molecule has 2 N–H and O–H groups in total. The average molecular weight is 372 g/mol. The van der Waals surface area contributed by atoms with Gasteiger partial charge in [-0.3, -0.25) is 4.79 Å². The molecule has 4 nitrogen and oxygen atoms in total. The lowest BCUT2D eigenvalue weighted by atomic mass is 10.1. The first-order valence-electron chi connectivity index (χ1n) is 9.41. The fraction of sp³-hybridized carbons (Fsp3) is 0.650. The Hall–Kier alpha value is -1.42. The van der Waals surface area contributed by atoms with Gasteiger partial charge < -0.3 is 15.2 Å². The quantitative estimate of drug-likeness (QED) is 0.250. The molecule has 0 bridgehead atoms. The van der Waals surface area contributed by atoms with Crippen LogP contribution in [0.5, 0.6) is 5.75 Å². The second-order valence-electron chi connectivity index (χ2n) is 6.30. The molecule has 25 heavy (non-hydrogen) atoms. The number of hydrogen-bond acceptors (Lipinski definition) is 4. The molecule has 1 rings (SSSR count). The van der Waals surface area contributed by atoms with Gasteiger partial charge in [0.15, 0.2) is 0 Å². The van der Waals surface area contributed by atoms with E-state index in [-0.39, 0.29) is 30.7 Å². The number of aromatic hydroxyl groups is 1. The number of phenols is 1. The summed E-state index contributed by atoms with van der Waals surface area (Å²) in [6.45, 7) is 2.91. The zero-order valence-electron chi connectivity index (χ0n) is 15.5. The number of ether oxygens (including phenoxy) is 1. The van der Waals surface area contributed by atoms with Gasteiger partial charge in [0, 0.05) is 5.69 Å². The van der Waals surface area contributed by atoms with Gasteiger partial charge in [-0.05, 0) is 30.7 Å². The van der Waals surface area contributed by atoms with Crippen molar-refractivity contribution in [2.45, 2.75) is 71.1 Å². The third kappa shape index (κ3) is 13.5. The minimum absolute atomic E-state index is 0. The minimum atomic E-state index is -0.237. The molecule has 0 heterocycles. The normalized spacial score (nSPS) is 10.1. The van der Waals surface area contributed by atoms with Gasteiger partial charge in [-0.25, -0.2) is 0 Å². The number of hydrogen-bond donors (Lipinski definition) is 2. The lowest BCUT2D eigenvalue weighted by molar-refractivity contribution is -0.141. The van der Waals surface area contributed by atoms with E-state index in [0.717, 1.165) is 18.5 Å². The highest BCUT2D eigenvalue weighted by molar-refractivity contribution is 5.85. The Labute approximate surface area is 158 Å². The summed E-state index contributed by atoms with van der Waals surface area (Å²) in [6, 6.07) is 6.62. The second kappa shape index (κ2) is 16.1. The van der Waals surface area contributed by atoms with E-state index in [4.69, 9.17) is 4.74 Å². The number of nitrogens with one attached hydrogen (secondary N) is 1. The topological polar surface area (TPSA) is 58.6 Å². The highest BCUT2D eigenvalue weighted by atomic mass is 35.5. The summed E-state index contributed by atoms with van der Waals surface area (Å²) in [5.41, 5.74) is 0.795. The fourth-order valence-corrected chi connectivity index (χ4v) is 2.58. The minimum Gasteiger partial charge on any atom is -0.508 e. The summed E-state index contributed by atoms with van der Waals surface area (Å²) < 4.78 is 5.21. The van der Waals surface area contributed by atoms with Crippen LogP contribution in [0.2, 0.25) is 0 Å². The van der Waals surface area contributed by atoms with Gasteiger partial charge in [0.1, 0.15) is 12.3 Å². The van der Waals surface area contributed by atoms with E-state index in [1.165, 1.54) is 51.4 Å². The SMILES string of the molecule is CCCCCCCCCCCCOC(=O)CNc1ccc(O)cc1.Cl. The summed E-state index contributed by atoms with van der Waals surface area (Å²) in [6.07, 6.45) is 12.7. The van der Waals surface area contributed by atoms with E-state index in [1.807, 2.05) is 0 Å². The predicted molar refractivity (Wildman–Crippen MR) is 107 cm³/mol. The zero-order chi connectivity index (χ0) is 17.5. The fourth-order valence-electron chi connectivity index (χ4n) is 2.58. The van der Waals surface area contributed by atoms with Gasteiger partial charge in [-0.1, -0.05) is 64.7 Å². The Bertz CT molecular complexity index is 437. The van der Waals surface area contributed by atoms with Crippen LogP contribution in [0.1, 0.15) is 71.1 Å². The first-order valence-corrected chi connectivity index (χ1v) is 9.41. The van der Waals surface area contributed by atoms with E-state index in [9.17, 15) is 9.90 Å². The largest absolute Gasteiger partial charge is 0.508 e. The van der Waals surface area contributed by atoms with Crippen molar-refractivity contribution < 1.29 is 14.6 Å². The van der Waals surface area contributed by atoms with Gasteiger partial charge in [-0.2, -0.15) is 0 Å². The smallest absolute Gasteiger partial charge is 0.325 e. The monoisotopic (exact) mass is 371 g/mol. The Morgan fingerprint density at radius 1 is 0.920 bits per heavy atom. The first kappa shape index (κ1) is 23.6. The Kier molecular flexibility index (Phi) is 15.2. The van der Waals surface area contributed by atoms with Crippen LogP contribution in [-0.2, 0) is 9.53 Å². The number of carbonyl (C=O) groups excluding carboxylic acids is 1. The molecule has 0 saturated heterocycles. The molecule has 0 radical (unpaired) electrons. The van der Waals surface area contributed by atoms with E-state index >= 15 is 0 Å². The molecule has 1 aromatic rings. The van der Waals surface area contributed by atoms with Crippen molar-refractivity contribution in [3.8, 4) is 5.75 Å². The molecule has 0 aliphatic heterocycles. The molecular weight excluding hydrogens is 338 g/mol. The van der Waals surface area contributed by atoms with Crippen molar-refractivity contribution in [3.05, 3.63) is 24.3 Å². The van der Waals surface area contributed by atoms with Crippen LogP contribution in [-0.4, -0.2) is 24.2 Å². The van der Waals surface area contributed by atoms with Crippen LogP contribution in [0.15, 0.2) is 24.3 Å². The summed E-state index contributed by atoms with van der Waals surface area (Å²) in [5.74, 6) is -0.0249. The molecule has 0 aromatic heterocycles. The molecule has 0 saturated carbocycles. The van der Waals surface area contributed by atoms with Crippen molar-refractivity contribution in [1.82, 2.24) is 0 Å². The van der Waals surface area contributed by atoms with E-state index in [2.05, 4.69) is 12.2 Å². The van der Waals surface area contributed by atoms with Crippen LogP contribution in [0.4, 0.5) is 5.69 Å².